The van der Waals surface area contributed by atoms with Crippen molar-refractivity contribution in [1.82, 2.24) is 4.57 Å². The Bertz CT molecular complexity index is 1090. The first-order valence-electron chi connectivity index (χ1n) is 9.70. The standard InChI is InChI=1S/C20H21FN2O6/c21-14-5-12-15(23(10-1-2-10)7-13(17(12)25)19(26)27)18-16(14)22-4-3-20(28,9-24)6-11(22)8-29-18/h5,7,10-11,24,28H,1-4,6,8-9H2,(H,26,27)/t11-,20-/m0/s1. The molecule has 1 aromatic carbocycles. The number of nitrogens with zero attached hydrogens (tertiary/aromatic N) is 2. The molecular weight excluding hydrogens is 383 g/mol. The third-order valence-electron chi connectivity index (χ3n) is 6.24. The molecule has 1 saturated carbocycles. The number of carboxylic acid groups (broad SMARTS) is 1. The number of benzene rings is 1. The zero-order valence-electron chi connectivity index (χ0n) is 15.6. The van der Waals surface area contributed by atoms with Gasteiger partial charge >= 0.3 is 5.97 Å². The molecule has 3 aliphatic rings. The van der Waals surface area contributed by atoms with Gasteiger partial charge in [-0.15, -0.1) is 0 Å². The van der Waals surface area contributed by atoms with Gasteiger partial charge in [0.1, 0.15) is 17.9 Å². The number of anilines is 1. The topological polar surface area (TPSA) is 112 Å². The van der Waals surface area contributed by atoms with Crippen molar-refractivity contribution >= 4 is 22.6 Å². The second kappa shape index (κ2) is 6.17. The molecule has 0 bridgehead atoms. The van der Waals surface area contributed by atoms with E-state index >= 15 is 4.39 Å². The summed E-state index contributed by atoms with van der Waals surface area (Å²) in [5, 5.41) is 29.3. The van der Waals surface area contributed by atoms with Crippen LogP contribution in [-0.2, 0) is 0 Å². The molecular formula is C20H21FN2O6. The van der Waals surface area contributed by atoms with Gasteiger partial charge in [-0.05, 0) is 25.3 Å². The Morgan fingerprint density at radius 2 is 2.10 bits per heavy atom. The summed E-state index contributed by atoms with van der Waals surface area (Å²) in [7, 11) is 0. The third-order valence-corrected chi connectivity index (χ3v) is 6.24. The monoisotopic (exact) mass is 404 g/mol. The van der Waals surface area contributed by atoms with Crippen molar-refractivity contribution in [2.45, 2.75) is 43.4 Å². The molecule has 2 aromatic rings. The molecule has 2 atom stereocenters. The van der Waals surface area contributed by atoms with E-state index in [1.807, 2.05) is 4.90 Å². The van der Waals surface area contributed by atoms with Gasteiger partial charge in [-0.25, -0.2) is 9.18 Å². The second-order valence-corrected chi connectivity index (χ2v) is 8.24. The molecule has 3 heterocycles. The van der Waals surface area contributed by atoms with E-state index in [4.69, 9.17) is 4.74 Å². The fraction of sp³-hybridized carbons (Fsp3) is 0.500. The Morgan fingerprint density at radius 1 is 1.34 bits per heavy atom. The van der Waals surface area contributed by atoms with Crippen LogP contribution in [0.3, 0.4) is 0 Å². The quantitative estimate of drug-likeness (QED) is 0.706. The molecule has 154 valence electrons. The number of ether oxygens (including phenoxy) is 1. The Hall–Kier alpha value is -2.65. The van der Waals surface area contributed by atoms with Gasteiger partial charge in [-0.2, -0.15) is 0 Å². The van der Waals surface area contributed by atoms with E-state index in [1.165, 1.54) is 6.20 Å². The zero-order valence-corrected chi connectivity index (χ0v) is 15.6. The number of hydrogen-bond donors (Lipinski definition) is 3. The van der Waals surface area contributed by atoms with E-state index in [0.717, 1.165) is 18.9 Å². The molecule has 2 fully saturated rings. The summed E-state index contributed by atoms with van der Waals surface area (Å²) in [5.74, 6) is -1.76. The normalized spacial score (nSPS) is 26.0. The van der Waals surface area contributed by atoms with Crippen molar-refractivity contribution < 1.29 is 29.2 Å². The summed E-state index contributed by atoms with van der Waals surface area (Å²) >= 11 is 0. The van der Waals surface area contributed by atoms with Crippen molar-refractivity contribution in [3.05, 3.63) is 33.9 Å². The number of pyridine rings is 1. The minimum Gasteiger partial charge on any atom is -0.487 e. The molecule has 8 nitrogen and oxygen atoms in total. The number of fused-ring (bicyclic) bond motifs is 5. The van der Waals surface area contributed by atoms with Crippen LogP contribution in [0.4, 0.5) is 10.1 Å². The number of piperidine rings is 1. The average Bonchev–Trinajstić information content (AvgIpc) is 3.53. The number of aromatic nitrogens is 1. The zero-order chi connectivity index (χ0) is 20.5. The van der Waals surface area contributed by atoms with Crippen LogP contribution in [0.15, 0.2) is 17.1 Å². The number of hydrogen-bond acceptors (Lipinski definition) is 6. The van der Waals surface area contributed by atoms with Gasteiger partial charge < -0.3 is 29.5 Å². The molecule has 29 heavy (non-hydrogen) atoms. The summed E-state index contributed by atoms with van der Waals surface area (Å²) in [6.07, 6.45) is 3.55. The van der Waals surface area contributed by atoms with Crippen molar-refractivity contribution in [3.63, 3.8) is 0 Å². The van der Waals surface area contributed by atoms with Crippen molar-refractivity contribution in [2.75, 3.05) is 24.7 Å². The fourth-order valence-corrected chi connectivity index (χ4v) is 4.57. The maximum absolute atomic E-state index is 15.2. The fourth-order valence-electron chi connectivity index (χ4n) is 4.57. The first-order valence-corrected chi connectivity index (χ1v) is 9.70. The van der Waals surface area contributed by atoms with Gasteiger partial charge in [0.15, 0.2) is 11.6 Å². The lowest BCUT2D eigenvalue weighted by Gasteiger charge is -2.47. The summed E-state index contributed by atoms with van der Waals surface area (Å²) in [6, 6.07) is 0.841. The van der Waals surface area contributed by atoms with E-state index in [9.17, 15) is 24.9 Å². The molecule has 9 heteroatoms. The molecule has 0 unspecified atom stereocenters. The lowest BCUT2D eigenvalue weighted by Crippen LogP contribution is -2.56. The summed E-state index contributed by atoms with van der Waals surface area (Å²) in [6.45, 7) is 0.137. The van der Waals surface area contributed by atoms with E-state index < -0.39 is 22.8 Å². The average molecular weight is 404 g/mol. The highest BCUT2D eigenvalue weighted by Gasteiger charge is 2.43. The molecule has 0 radical (unpaired) electrons. The van der Waals surface area contributed by atoms with Gasteiger partial charge in [0.25, 0.3) is 0 Å². The molecule has 5 rings (SSSR count). The number of halogens is 1. The van der Waals surface area contributed by atoms with Crippen LogP contribution < -0.4 is 15.1 Å². The van der Waals surface area contributed by atoms with Crippen molar-refractivity contribution in [1.29, 1.82) is 0 Å². The maximum Gasteiger partial charge on any atom is 0.341 e. The molecule has 0 spiro atoms. The van der Waals surface area contributed by atoms with Crippen molar-refractivity contribution in [2.24, 2.45) is 0 Å². The second-order valence-electron chi connectivity index (χ2n) is 8.24. The third kappa shape index (κ3) is 2.71. The Kier molecular flexibility index (Phi) is 3.91. The van der Waals surface area contributed by atoms with Crippen molar-refractivity contribution in [3.8, 4) is 5.75 Å². The molecule has 1 saturated heterocycles. The van der Waals surface area contributed by atoms with Crippen LogP contribution in [0.25, 0.3) is 10.9 Å². The van der Waals surface area contributed by atoms with E-state index in [-0.39, 0.29) is 60.5 Å². The van der Waals surface area contributed by atoms with Crippen LogP contribution in [0.1, 0.15) is 42.1 Å². The smallest absolute Gasteiger partial charge is 0.341 e. The van der Waals surface area contributed by atoms with Crippen LogP contribution in [0.5, 0.6) is 5.75 Å². The predicted octanol–water partition coefficient (Wildman–Crippen LogP) is 1.26. The van der Waals surface area contributed by atoms with Crippen LogP contribution in [-0.4, -0.2) is 57.3 Å². The Morgan fingerprint density at radius 3 is 2.76 bits per heavy atom. The minimum absolute atomic E-state index is 0.00428. The number of carbonyl (C=O) groups is 1. The Labute approximate surface area is 164 Å². The highest BCUT2D eigenvalue weighted by Crippen LogP contribution is 2.47. The number of rotatable bonds is 3. The number of aliphatic hydroxyl groups excluding tert-OH is 1. The first-order chi connectivity index (χ1) is 13.8. The largest absolute Gasteiger partial charge is 0.487 e. The summed E-state index contributed by atoms with van der Waals surface area (Å²) < 4.78 is 22.8. The summed E-state index contributed by atoms with van der Waals surface area (Å²) in [5.41, 5.74) is -1.69. The molecule has 2 aliphatic heterocycles. The van der Waals surface area contributed by atoms with Crippen LogP contribution >= 0.6 is 0 Å². The molecule has 1 aliphatic carbocycles. The van der Waals surface area contributed by atoms with Crippen LogP contribution in [0, 0.1) is 5.82 Å². The van der Waals surface area contributed by atoms with Gasteiger partial charge in [-0.1, -0.05) is 0 Å². The number of aromatic carboxylic acids is 1. The van der Waals surface area contributed by atoms with Gasteiger partial charge in [0.05, 0.1) is 29.2 Å². The molecule has 0 amide bonds. The molecule has 1 aromatic heterocycles. The molecule has 3 N–H and O–H groups in total. The van der Waals surface area contributed by atoms with E-state index in [0.29, 0.717) is 12.1 Å². The van der Waals surface area contributed by atoms with E-state index in [2.05, 4.69) is 0 Å². The summed E-state index contributed by atoms with van der Waals surface area (Å²) in [4.78, 5) is 26.1. The van der Waals surface area contributed by atoms with Crippen LogP contribution in [0.2, 0.25) is 0 Å². The first kappa shape index (κ1) is 18.4. The maximum atomic E-state index is 15.2. The SMILES string of the molecule is O=C(O)c1cn(C2CC2)c2c3c(c(F)cc2c1=O)N1CC[C@@](O)(CO)C[C@H]1CO3. The van der Waals surface area contributed by atoms with Gasteiger partial charge in [0, 0.05) is 25.2 Å². The number of aliphatic hydroxyl groups is 2. The van der Waals surface area contributed by atoms with Gasteiger partial charge in [0.2, 0.25) is 5.43 Å². The minimum atomic E-state index is -1.34. The van der Waals surface area contributed by atoms with E-state index in [1.54, 1.807) is 4.57 Å². The highest BCUT2D eigenvalue weighted by molar-refractivity contribution is 5.97. The predicted molar refractivity (Wildman–Crippen MR) is 101 cm³/mol. The van der Waals surface area contributed by atoms with Gasteiger partial charge in [-0.3, -0.25) is 4.79 Å². The number of carboxylic acids is 1. The Balaban J connectivity index is 1.73. The lowest BCUT2D eigenvalue weighted by molar-refractivity contribution is -0.0470. The highest BCUT2D eigenvalue weighted by atomic mass is 19.1. The lowest BCUT2D eigenvalue weighted by atomic mass is 9.86.